The van der Waals surface area contributed by atoms with Crippen LogP contribution in [0, 0.1) is 5.82 Å². The summed E-state index contributed by atoms with van der Waals surface area (Å²) in [5.74, 6) is 0.985. The monoisotopic (exact) mass is 473 g/mol. The van der Waals surface area contributed by atoms with Gasteiger partial charge in [-0.3, -0.25) is 0 Å². The lowest BCUT2D eigenvalue weighted by atomic mass is 10.1. The molecule has 0 heterocycles. The van der Waals surface area contributed by atoms with Crippen molar-refractivity contribution in [2.75, 3.05) is 20.2 Å². The molecule has 0 spiro atoms. The van der Waals surface area contributed by atoms with Crippen LogP contribution in [0.3, 0.4) is 0 Å². The molecule has 2 aromatic rings. The highest BCUT2D eigenvalue weighted by Gasteiger charge is 2.03. The molecule has 0 saturated carbocycles. The van der Waals surface area contributed by atoms with Crippen molar-refractivity contribution >= 4 is 29.9 Å². The van der Waals surface area contributed by atoms with E-state index in [1.807, 2.05) is 19.1 Å². The molecule has 2 rings (SSSR count). The third kappa shape index (κ3) is 7.07. The molecule has 0 aliphatic rings. The minimum Gasteiger partial charge on any atom is -0.504 e. The second kappa shape index (κ2) is 11.6. The van der Waals surface area contributed by atoms with Crippen LogP contribution < -0.4 is 15.4 Å². The van der Waals surface area contributed by atoms with Crippen LogP contribution in [0.4, 0.5) is 4.39 Å². The number of rotatable bonds is 7. The average molecular weight is 473 g/mol. The summed E-state index contributed by atoms with van der Waals surface area (Å²) in [5.41, 5.74) is 1.81. The van der Waals surface area contributed by atoms with Gasteiger partial charge in [-0.25, -0.2) is 9.38 Å². The van der Waals surface area contributed by atoms with E-state index in [4.69, 9.17) is 4.74 Å². The molecule has 0 aliphatic heterocycles. The molecule has 0 aliphatic carbocycles. The zero-order chi connectivity index (χ0) is 18.1. The smallest absolute Gasteiger partial charge is 0.191 e. The van der Waals surface area contributed by atoms with E-state index in [0.29, 0.717) is 31.2 Å². The number of guanidine groups is 1. The van der Waals surface area contributed by atoms with Crippen molar-refractivity contribution in [2.45, 2.75) is 19.9 Å². The fourth-order valence-electron chi connectivity index (χ4n) is 2.36. The Morgan fingerprint density at radius 3 is 2.62 bits per heavy atom. The Balaban J connectivity index is 0.00000338. The zero-order valence-electron chi connectivity index (χ0n) is 15.0. The van der Waals surface area contributed by atoms with Crippen molar-refractivity contribution < 1.29 is 14.2 Å². The van der Waals surface area contributed by atoms with Crippen molar-refractivity contribution in [3.05, 3.63) is 59.4 Å². The maximum Gasteiger partial charge on any atom is 0.191 e. The highest BCUT2D eigenvalue weighted by Crippen LogP contribution is 2.26. The van der Waals surface area contributed by atoms with E-state index >= 15 is 0 Å². The SMILES string of the molecule is CCNC(=NCc1ccc(OC)c(O)c1)NCCc1cccc(F)c1.I. The zero-order valence-corrected chi connectivity index (χ0v) is 17.3. The molecule has 0 atom stereocenters. The highest BCUT2D eigenvalue weighted by atomic mass is 127. The molecule has 26 heavy (non-hydrogen) atoms. The number of halogens is 2. The lowest BCUT2D eigenvalue weighted by Gasteiger charge is -2.11. The molecule has 0 unspecified atom stereocenters. The van der Waals surface area contributed by atoms with E-state index in [-0.39, 0.29) is 35.5 Å². The standard InChI is InChI=1S/C19H24FN3O2.HI/c1-3-21-19(22-10-9-14-5-4-6-16(20)11-14)23-13-15-7-8-18(25-2)17(24)12-15;/h4-8,11-12,24H,3,9-10,13H2,1-2H3,(H2,21,22,23);1H. The summed E-state index contributed by atoms with van der Waals surface area (Å²) >= 11 is 0. The first-order valence-electron chi connectivity index (χ1n) is 8.25. The van der Waals surface area contributed by atoms with Gasteiger partial charge in [0, 0.05) is 13.1 Å². The molecule has 7 heteroatoms. The third-order valence-electron chi connectivity index (χ3n) is 3.60. The Morgan fingerprint density at radius 2 is 1.96 bits per heavy atom. The summed E-state index contributed by atoms with van der Waals surface area (Å²) < 4.78 is 18.2. The molecule has 0 fully saturated rings. The van der Waals surface area contributed by atoms with Crippen molar-refractivity contribution in [1.82, 2.24) is 10.6 Å². The van der Waals surface area contributed by atoms with Crippen LogP contribution in [0.25, 0.3) is 0 Å². The molecule has 2 aromatic carbocycles. The number of aromatic hydroxyl groups is 1. The van der Waals surface area contributed by atoms with E-state index in [1.54, 1.807) is 18.2 Å². The van der Waals surface area contributed by atoms with Gasteiger partial charge >= 0.3 is 0 Å². The van der Waals surface area contributed by atoms with Gasteiger partial charge in [-0.05, 0) is 48.7 Å². The first-order valence-corrected chi connectivity index (χ1v) is 8.25. The number of ether oxygens (including phenoxy) is 1. The minimum absolute atomic E-state index is 0. The molecule has 142 valence electrons. The van der Waals surface area contributed by atoms with E-state index in [2.05, 4.69) is 15.6 Å². The van der Waals surface area contributed by atoms with Gasteiger partial charge < -0.3 is 20.5 Å². The Kier molecular flexibility index (Phi) is 9.79. The number of aliphatic imine (C=N–C) groups is 1. The van der Waals surface area contributed by atoms with Gasteiger partial charge in [0.15, 0.2) is 17.5 Å². The van der Waals surface area contributed by atoms with E-state index in [1.165, 1.54) is 19.2 Å². The molecule has 0 aromatic heterocycles. The van der Waals surface area contributed by atoms with E-state index in [0.717, 1.165) is 17.7 Å². The maximum absolute atomic E-state index is 13.2. The normalized spacial score (nSPS) is 10.8. The number of methoxy groups -OCH3 is 1. The summed E-state index contributed by atoms with van der Waals surface area (Å²) in [4.78, 5) is 4.50. The van der Waals surface area contributed by atoms with Gasteiger partial charge in [0.05, 0.1) is 13.7 Å². The fourth-order valence-corrected chi connectivity index (χ4v) is 2.36. The summed E-state index contributed by atoms with van der Waals surface area (Å²) in [6.45, 7) is 3.79. The summed E-state index contributed by atoms with van der Waals surface area (Å²) in [6.07, 6.45) is 0.700. The van der Waals surface area contributed by atoms with Gasteiger partial charge in [-0.15, -0.1) is 24.0 Å². The van der Waals surface area contributed by atoms with E-state index < -0.39 is 0 Å². The van der Waals surface area contributed by atoms with Crippen LogP contribution in [-0.2, 0) is 13.0 Å². The Morgan fingerprint density at radius 1 is 1.15 bits per heavy atom. The van der Waals surface area contributed by atoms with Crippen LogP contribution in [-0.4, -0.2) is 31.3 Å². The lowest BCUT2D eigenvalue weighted by molar-refractivity contribution is 0.373. The Labute approximate surface area is 170 Å². The van der Waals surface area contributed by atoms with Crippen molar-refractivity contribution in [3.8, 4) is 11.5 Å². The number of benzene rings is 2. The highest BCUT2D eigenvalue weighted by molar-refractivity contribution is 14.0. The predicted molar refractivity (Wildman–Crippen MR) is 113 cm³/mol. The van der Waals surface area contributed by atoms with Crippen LogP contribution in [0.2, 0.25) is 0 Å². The number of nitrogens with one attached hydrogen (secondary N) is 2. The molecule has 3 N–H and O–H groups in total. The van der Waals surface area contributed by atoms with Crippen molar-refractivity contribution in [1.29, 1.82) is 0 Å². The minimum atomic E-state index is -0.225. The predicted octanol–water partition coefficient (Wildman–Crippen LogP) is 3.46. The first kappa shape index (κ1) is 22.0. The Bertz CT molecular complexity index is 726. The molecule has 0 amide bonds. The molecule has 0 radical (unpaired) electrons. The number of hydrogen-bond acceptors (Lipinski definition) is 3. The molecular weight excluding hydrogens is 448 g/mol. The van der Waals surface area contributed by atoms with Crippen LogP contribution >= 0.6 is 24.0 Å². The van der Waals surface area contributed by atoms with Gasteiger partial charge in [0.1, 0.15) is 5.82 Å². The number of nitrogens with zero attached hydrogens (tertiary/aromatic N) is 1. The number of hydrogen-bond donors (Lipinski definition) is 3. The molecular formula is C19H25FIN3O2. The fraction of sp³-hybridized carbons (Fsp3) is 0.316. The van der Waals surface area contributed by atoms with Gasteiger partial charge in [0.25, 0.3) is 0 Å². The topological polar surface area (TPSA) is 65.9 Å². The summed E-state index contributed by atoms with van der Waals surface area (Å²) in [7, 11) is 1.51. The Hall–Kier alpha value is -2.03. The van der Waals surface area contributed by atoms with Gasteiger partial charge in [-0.2, -0.15) is 0 Å². The van der Waals surface area contributed by atoms with Crippen LogP contribution in [0.5, 0.6) is 11.5 Å². The van der Waals surface area contributed by atoms with Crippen molar-refractivity contribution in [2.24, 2.45) is 4.99 Å². The lowest BCUT2D eigenvalue weighted by Crippen LogP contribution is -2.38. The van der Waals surface area contributed by atoms with Gasteiger partial charge in [-0.1, -0.05) is 18.2 Å². The number of phenols is 1. The van der Waals surface area contributed by atoms with Gasteiger partial charge in [0.2, 0.25) is 0 Å². The van der Waals surface area contributed by atoms with Crippen LogP contribution in [0.1, 0.15) is 18.1 Å². The largest absolute Gasteiger partial charge is 0.504 e. The molecule has 0 saturated heterocycles. The average Bonchev–Trinajstić information content (AvgIpc) is 2.60. The second-order valence-corrected chi connectivity index (χ2v) is 5.51. The van der Waals surface area contributed by atoms with E-state index in [9.17, 15) is 9.50 Å². The number of phenolic OH excluding ortho intramolecular Hbond substituents is 1. The summed E-state index contributed by atoms with van der Waals surface area (Å²) in [5, 5.41) is 16.2. The second-order valence-electron chi connectivity index (χ2n) is 5.51. The molecule has 0 bridgehead atoms. The quantitative estimate of drug-likeness (QED) is 0.328. The van der Waals surface area contributed by atoms with Crippen molar-refractivity contribution in [3.63, 3.8) is 0 Å². The maximum atomic E-state index is 13.2. The first-order chi connectivity index (χ1) is 12.1. The molecule has 5 nitrogen and oxygen atoms in total. The third-order valence-corrected chi connectivity index (χ3v) is 3.60. The summed E-state index contributed by atoms with van der Waals surface area (Å²) in [6, 6.07) is 11.8. The van der Waals surface area contributed by atoms with Crippen LogP contribution in [0.15, 0.2) is 47.5 Å².